The molecular formula is C23H25N3O3. The molecule has 2 heterocycles. The maximum Gasteiger partial charge on any atom is 0.261 e. The molecule has 3 amide bonds. The number of piperidine rings is 1. The summed E-state index contributed by atoms with van der Waals surface area (Å²) in [6.07, 6.45) is 2.41. The van der Waals surface area contributed by atoms with Crippen molar-refractivity contribution in [2.24, 2.45) is 11.7 Å². The molecule has 6 heteroatoms. The minimum Gasteiger partial charge on any atom is -0.339 e. The summed E-state index contributed by atoms with van der Waals surface area (Å²) in [6, 6.07) is 14.6. The average Bonchev–Trinajstić information content (AvgIpc) is 3.01. The topological polar surface area (TPSA) is 83.7 Å². The van der Waals surface area contributed by atoms with Gasteiger partial charge >= 0.3 is 0 Å². The lowest BCUT2D eigenvalue weighted by molar-refractivity contribution is 0.0655. The minimum atomic E-state index is -0.322. The van der Waals surface area contributed by atoms with Crippen LogP contribution in [0.15, 0.2) is 48.5 Å². The number of hydrogen-bond donors (Lipinski definition) is 1. The number of carbonyl (C=O) groups is 3. The van der Waals surface area contributed by atoms with Crippen LogP contribution in [-0.2, 0) is 6.42 Å². The molecule has 2 aliphatic rings. The molecule has 0 spiro atoms. The molecule has 0 bridgehead atoms. The van der Waals surface area contributed by atoms with Gasteiger partial charge in [0.05, 0.1) is 11.1 Å². The molecule has 0 saturated carbocycles. The Kier molecular flexibility index (Phi) is 5.45. The van der Waals surface area contributed by atoms with E-state index in [4.69, 9.17) is 5.73 Å². The fourth-order valence-corrected chi connectivity index (χ4v) is 4.07. The Bertz CT molecular complexity index is 934. The van der Waals surface area contributed by atoms with Gasteiger partial charge in [0.2, 0.25) is 0 Å². The summed E-state index contributed by atoms with van der Waals surface area (Å²) in [5.41, 5.74) is 7.95. The van der Waals surface area contributed by atoms with Crippen LogP contribution in [0.25, 0.3) is 0 Å². The van der Waals surface area contributed by atoms with Gasteiger partial charge in [0.25, 0.3) is 17.7 Å². The Labute approximate surface area is 170 Å². The molecule has 29 heavy (non-hydrogen) atoms. The van der Waals surface area contributed by atoms with Crippen LogP contribution < -0.4 is 5.73 Å². The van der Waals surface area contributed by atoms with E-state index < -0.39 is 0 Å². The van der Waals surface area contributed by atoms with Gasteiger partial charge in [0.15, 0.2) is 0 Å². The number of benzene rings is 2. The van der Waals surface area contributed by atoms with E-state index in [2.05, 4.69) is 0 Å². The van der Waals surface area contributed by atoms with Crippen LogP contribution in [0.3, 0.4) is 0 Å². The predicted octanol–water partition coefficient (Wildman–Crippen LogP) is 2.34. The van der Waals surface area contributed by atoms with Crippen molar-refractivity contribution in [3.05, 3.63) is 70.8 Å². The minimum absolute atomic E-state index is 0.0914. The second-order valence-corrected chi connectivity index (χ2v) is 7.73. The van der Waals surface area contributed by atoms with Crippen molar-refractivity contribution in [2.75, 3.05) is 26.2 Å². The second kappa shape index (κ2) is 8.17. The number of nitrogens with zero attached hydrogens (tertiary/aromatic N) is 2. The van der Waals surface area contributed by atoms with Crippen molar-refractivity contribution in [1.82, 2.24) is 9.80 Å². The van der Waals surface area contributed by atoms with E-state index >= 15 is 0 Å². The zero-order valence-corrected chi connectivity index (χ0v) is 16.3. The zero-order chi connectivity index (χ0) is 20.4. The highest BCUT2D eigenvalue weighted by Crippen LogP contribution is 2.26. The fourth-order valence-electron chi connectivity index (χ4n) is 4.07. The molecule has 2 N–H and O–H groups in total. The van der Waals surface area contributed by atoms with E-state index in [-0.39, 0.29) is 17.7 Å². The Balaban J connectivity index is 1.47. The predicted molar refractivity (Wildman–Crippen MR) is 110 cm³/mol. The van der Waals surface area contributed by atoms with Crippen molar-refractivity contribution in [3.8, 4) is 0 Å². The van der Waals surface area contributed by atoms with Crippen molar-refractivity contribution in [2.45, 2.75) is 19.3 Å². The van der Waals surface area contributed by atoms with Crippen LogP contribution in [0, 0.1) is 5.92 Å². The van der Waals surface area contributed by atoms with E-state index in [1.807, 2.05) is 35.2 Å². The van der Waals surface area contributed by atoms with Gasteiger partial charge in [-0.05, 0) is 55.5 Å². The lowest BCUT2D eigenvalue weighted by atomic mass is 9.96. The lowest BCUT2D eigenvalue weighted by Gasteiger charge is -2.31. The number of fused-ring (bicyclic) bond motifs is 1. The lowest BCUT2D eigenvalue weighted by Crippen LogP contribution is -2.40. The molecule has 0 radical (unpaired) electrons. The highest BCUT2D eigenvalue weighted by molar-refractivity contribution is 6.22. The normalized spacial score (nSPS) is 17.0. The molecule has 2 aromatic carbocycles. The highest BCUT2D eigenvalue weighted by atomic mass is 16.2. The number of nitrogens with two attached hydrogens (primary N) is 1. The quantitative estimate of drug-likeness (QED) is 0.793. The first-order chi connectivity index (χ1) is 14.1. The van der Waals surface area contributed by atoms with Crippen LogP contribution in [0.4, 0.5) is 0 Å². The summed E-state index contributed by atoms with van der Waals surface area (Å²) in [5.74, 6) is -0.233. The third-order valence-corrected chi connectivity index (χ3v) is 5.92. The van der Waals surface area contributed by atoms with Gasteiger partial charge in [0, 0.05) is 25.2 Å². The first-order valence-electron chi connectivity index (χ1n) is 10.1. The summed E-state index contributed by atoms with van der Waals surface area (Å²) >= 11 is 0. The first kappa shape index (κ1) is 19.3. The number of carbonyl (C=O) groups excluding carboxylic acids is 3. The van der Waals surface area contributed by atoms with Gasteiger partial charge in [0.1, 0.15) is 0 Å². The van der Waals surface area contributed by atoms with Crippen molar-refractivity contribution < 1.29 is 14.4 Å². The Morgan fingerprint density at radius 1 is 0.966 bits per heavy atom. The smallest absolute Gasteiger partial charge is 0.261 e. The summed E-state index contributed by atoms with van der Waals surface area (Å²) in [5, 5.41) is 0. The van der Waals surface area contributed by atoms with Crippen molar-refractivity contribution in [1.29, 1.82) is 0 Å². The SMILES string of the molecule is NCC1CCN(C(=O)c2ccc3c(c2)C(=O)N(CCc2ccccc2)C3=O)CC1. The number of imide groups is 1. The molecule has 2 aliphatic heterocycles. The molecule has 0 aromatic heterocycles. The summed E-state index contributed by atoms with van der Waals surface area (Å²) in [6.45, 7) is 2.32. The molecule has 0 unspecified atom stereocenters. The van der Waals surface area contributed by atoms with Crippen LogP contribution in [0.5, 0.6) is 0 Å². The van der Waals surface area contributed by atoms with E-state index in [1.165, 1.54) is 4.90 Å². The molecule has 0 aliphatic carbocycles. The Morgan fingerprint density at radius 2 is 1.66 bits per heavy atom. The largest absolute Gasteiger partial charge is 0.339 e. The van der Waals surface area contributed by atoms with E-state index in [9.17, 15) is 14.4 Å². The molecule has 2 aromatic rings. The fraction of sp³-hybridized carbons (Fsp3) is 0.348. The molecular weight excluding hydrogens is 366 g/mol. The Hall–Kier alpha value is -2.99. The van der Waals surface area contributed by atoms with Gasteiger partial charge in [-0.15, -0.1) is 0 Å². The third kappa shape index (κ3) is 3.80. The summed E-state index contributed by atoms with van der Waals surface area (Å²) in [4.78, 5) is 41.5. The van der Waals surface area contributed by atoms with Crippen molar-refractivity contribution >= 4 is 17.7 Å². The molecule has 150 valence electrons. The summed E-state index contributed by atoms with van der Waals surface area (Å²) in [7, 11) is 0. The molecule has 1 saturated heterocycles. The van der Waals surface area contributed by atoms with Gasteiger partial charge in [-0.1, -0.05) is 30.3 Å². The van der Waals surface area contributed by atoms with Crippen LogP contribution >= 0.6 is 0 Å². The van der Waals surface area contributed by atoms with E-state index in [1.54, 1.807) is 18.2 Å². The third-order valence-electron chi connectivity index (χ3n) is 5.92. The number of amides is 3. The van der Waals surface area contributed by atoms with Crippen LogP contribution in [-0.4, -0.2) is 53.7 Å². The highest BCUT2D eigenvalue weighted by Gasteiger charge is 2.36. The summed E-state index contributed by atoms with van der Waals surface area (Å²) < 4.78 is 0. The first-order valence-corrected chi connectivity index (χ1v) is 10.1. The van der Waals surface area contributed by atoms with Crippen LogP contribution in [0.1, 0.15) is 49.5 Å². The van der Waals surface area contributed by atoms with Gasteiger partial charge in [-0.2, -0.15) is 0 Å². The maximum absolute atomic E-state index is 12.9. The van der Waals surface area contributed by atoms with Crippen LogP contribution in [0.2, 0.25) is 0 Å². The number of hydrogen-bond acceptors (Lipinski definition) is 4. The zero-order valence-electron chi connectivity index (χ0n) is 16.3. The monoisotopic (exact) mass is 391 g/mol. The maximum atomic E-state index is 12.9. The van der Waals surface area contributed by atoms with Gasteiger partial charge < -0.3 is 10.6 Å². The number of likely N-dealkylation sites (tertiary alicyclic amines) is 1. The van der Waals surface area contributed by atoms with Gasteiger partial charge in [-0.3, -0.25) is 19.3 Å². The molecule has 4 rings (SSSR count). The average molecular weight is 391 g/mol. The molecule has 0 atom stereocenters. The second-order valence-electron chi connectivity index (χ2n) is 7.73. The standard InChI is InChI=1S/C23H25N3O3/c24-15-17-8-11-25(12-9-17)21(27)18-6-7-19-20(14-18)23(29)26(22(19)28)13-10-16-4-2-1-3-5-16/h1-7,14,17H,8-13,15,24H2. The van der Waals surface area contributed by atoms with Gasteiger partial charge in [-0.25, -0.2) is 0 Å². The van der Waals surface area contributed by atoms with E-state index in [0.717, 1.165) is 18.4 Å². The molecule has 1 fully saturated rings. The van der Waals surface area contributed by atoms with Crippen molar-refractivity contribution in [3.63, 3.8) is 0 Å². The number of rotatable bonds is 5. The van der Waals surface area contributed by atoms with E-state index in [0.29, 0.717) is 55.2 Å². The Morgan fingerprint density at radius 3 is 2.34 bits per heavy atom. The molecule has 6 nitrogen and oxygen atoms in total.